The van der Waals surface area contributed by atoms with Gasteiger partial charge in [-0.15, -0.1) is 11.3 Å². The van der Waals surface area contributed by atoms with Gasteiger partial charge in [-0.3, -0.25) is 9.59 Å². The molecule has 2 aromatic rings. The molecule has 2 amide bonds. The van der Waals surface area contributed by atoms with Crippen molar-refractivity contribution in [2.24, 2.45) is 0 Å². The second kappa shape index (κ2) is 7.44. The number of benzene rings is 1. The molecule has 0 spiro atoms. The van der Waals surface area contributed by atoms with Crippen LogP contribution in [0, 0.1) is 0 Å². The molecule has 0 bridgehead atoms. The fourth-order valence-electron chi connectivity index (χ4n) is 2.80. The predicted molar refractivity (Wildman–Crippen MR) is 95.3 cm³/mol. The van der Waals surface area contributed by atoms with Crippen LogP contribution in [0.2, 0.25) is 0 Å². The molecule has 3 rings (SSSR count). The maximum Gasteiger partial charge on any atom is 0.224 e. The maximum absolute atomic E-state index is 12.2. The summed E-state index contributed by atoms with van der Waals surface area (Å²) in [7, 11) is 0. The Kier molecular flexibility index (Phi) is 5.10. The van der Waals surface area contributed by atoms with Crippen LogP contribution in [0.4, 0.5) is 10.8 Å². The molecule has 0 unspecified atom stereocenters. The normalized spacial score (nSPS) is 16.9. The second-order valence-electron chi connectivity index (χ2n) is 5.87. The molecule has 126 valence electrons. The minimum absolute atomic E-state index is 0.0215. The summed E-state index contributed by atoms with van der Waals surface area (Å²) in [5.74, 6) is -0.0835. The highest BCUT2D eigenvalue weighted by Gasteiger charge is 2.25. The number of aromatic nitrogens is 1. The highest BCUT2D eigenvalue weighted by atomic mass is 32.1. The van der Waals surface area contributed by atoms with E-state index in [-0.39, 0.29) is 17.9 Å². The Hall–Kier alpha value is -2.41. The van der Waals surface area contributed by atoms with E-state index in [0.717, 1.165) is 35.9 Å². The summed E-state index contributed by atoms with van der Waals surface area (Å²) < 4.78 is 0. The van der Waals surface area contributed by atoms with Crippen LogP contribution in [-0.2, 0) is 16.0 Å². The molecule has 2 heterocycles. The first-order valence-corrected chi connectivity index (χ1v) is 8.78. The lowest BCUT2D eigenvalue weighted by Crippen LogP contribution is -2.37. The number of thiazole rings is 1. The van der Waals surface area contributed by atoms with Gasteiger partial charge in [0.25, 0.3) is 0 Å². The first-order chi connectivity index (χ1) is 11.6. The van der Waals surface area contributed by atoms with Crippen molar-refractivity contribution < 1.29 is 9.59 Å². The Morgan fingerprint density at radius 2 is 2.12 bits per heavy atom. The monoisotopic (exact) mass is 344 g/mol. The van der Waals surface area contributed by atoms with Crippen LogP contribution in [0.25, 0.3) is 0 Å². The highest BCUT2D eigenvalue weighted by Crippen LogP contribution is 2.22. The molecule has 1 fully saturated rings. The van der Waals surface area contributed by atoms with E-state index < -0.39 is 0 Å². The lowest BCUT2D eigenvalue weighted by molar-refractivity contribution is -0.121. The number of nitrogens with one attached hydrogen (secondary N) is 2. The number of hydrogen-bond donors (Lipinski definition) is 2. The van der Waals surface area contributed by atoms with Gasteiger partial charge >= 0.3 is 0 Å². The second-order valence-corrected chi connectivity index (χ2v) is 6.74. The molecule has 0 aliphatic carbocycles. The third-order valence-corrected chi connectivity index (χ3v) is 4.71. The largest absolute Gasteiger partial charge is 0.351 e. The number of carbonyl (C=O) groups is 2. The van der Waals surface area contributed by atoms with Gasteiger partial charge in [-0.05, 0) is 24.1 Å². The van der Waals surface area contributed by atoms with Crippen LogP contribution < -0.4 is 15.5 Å². The molecule has 2 N–H and O–H groups in total. The van der Waals surface area contributed by atoms with Crippen molar-refractivity contribution in [2.45, 2.75) is 25.8 Å². The van der Waals surface area contributed by atoms with Gasteiger partial charge in [-0.2, -0.15) is 0 Å². The Morgan fingerprint density at radius 3 is 2.79 bits per heavy atom. The van der Waals surface area contributed by atoms with Crippen LogP contribution >= 0.6 is 11.3 Å². The number of carbonyl (C=O) groups excluding carboxylic acids is 2. The van der Waals surface area contributed by atoms with Gasteiger partial charge in [0, 0.05) is 43.3 Å². The van der Waals surface area contributed by atoms with E-state index in [2.05, 4.69) is 20.5 Å². The summed E-state index contributed by atoms with van der Waals surface area (Å²) in [6, 6.07) is 7.51. The molecule has 0 radical (unpaired) electrons. The fraction of sp³-hybridized carbons (Fsp3) is 0.353. The molecule has 7 heteroatoms. The number of nitrogens with zero attached hydrogens (tertiary/aromatic N) is 2. The van der Waals surface area contributed by atoms with Crippen molar-refractivity contribution in [3.8, 4) is 0 Å². The minimum atomic E-state index is -0.105. The standard InChI is InChI=1S/C17H20N4O2S/c1-12(22)19-14-4-2-13(3-5-14)10-16(23)20-15-6-8-21(11-15)17-18-7-9-24-17/h2-5,7,9,15H,6,8,10-11H2,1H3,(H,19,22)(H,20,23)/t15-/m0/s1. The number of amides is 2. The average molecular weight is 344 g/mol. The van der Waals surface area contributed by atoms with Crippen LogP contribution in [0.1, 0.15) is 18.9 Å². The summed E-state index contributed by atoms with van der Waals surface area (Å²) in [6.07, 6.45) is 3.08. The predicted octanol–water partition coefficient (Wildman–Crippen LogP) is 2.04. The summed E-state index contributed by atoms with van der Waals surface area (Å²) >= 11 is 1.62. The van der Waals surface area contributed by atoms with Gasteiger partial charge < -0.3 is 15.5 Å². The molecule has 0 saturated carbocycles. The van der Waals surface area contributed by atoms with Gasteiger partial charge in [0.15, 0.2) is 5.13 Å². The SMILES string of the molecule is CC(=O)Nc1ccc(CC(=O)N[C@H]2CCN(c3nccs3)C2)cc1. The van der Waals surface area contributed by atoms with Crippen molar-refractivity contribution in [1.29, 1.82) is 0 Å². The summed E-state index contributed by atoms with van der Waals surface area (Å²) in [5, 5.41) is 8.78. The van der Waals surface area contributed by atoms with Crippen molar-refractivity contribution in [3.05, 3.63) is 41.4 Å². The zero-order valence-corrected chi connectivity index (χ0v) is 14.3. The Balaban J connectivity index is 1.48. The Labute approximate surface area is 144 Å². The molecule has 24 heavy (non-hydrogen) atoms. The van der Waals surface area contributed by atoms with Gasteiger partial charge in [-0.25, -0.2) is 4.98 Å². The molecule has 1 saturated heterocycles. The average Bonchev–Trinajstić information content (AvgIpc) is 3.19. The Morgan fingerprint density at radius 1 is 1.33 bits per heavy atom. The van der Waals surface area contributed by atoms with Crippen LogP contribution in [0.3, 0.4) is 0 Å². The van der Waals surface area contributed by atoms with Crippen molar-refractivity contribution in [2.75, 3.05) is 23.3 Å². The lowest BCUT2D eigenvalue weighted by atomic mass is 10.1. The summed E-state index contributed by atoms with van der Waals surface area (Å²) in [5.41, 5.74) is 1.66. The van der Waals surface area contributed by atoms with Crippen molar-refractivity contribution in [3.63, 3.8) is 0 Å². The quantitative estimate of drug-likeness (QED) is 0.870. The van der Waals surface area contributed by atoms with Gasteiger partial charge in [0.05, 0.1) is 6.42 Å². The summed E-state index contributed by atoms with van der Waals surface area (Å²) in [4.78, 5) is 29.7. The van der Waals surface area contributed by atoms with Gasteiger partial charge in [0.1, 0.15) is 0 Å². The van der Waals surface area contributed by atoms with Crippen LogP contribution in [0.5, 0.6) is 0 Å². The van der Waals surface area contributed by atoms with E-state index in [1.165, 1.54) is 6.92 Å². The molecular formula is C17H20N4O2S. The van der Waals surface area contributed by atoms with E-state index in [9.17, 15) is 9.59 Å². The number of anilines is 2. The molecule has 6 nitrogen and oxygen atoms in total. The Bertz CT molecular complexity index is 700. The van der Waals surface area contributed by atoms with Crippen LogP contribution in [0.15, 0.2) is 35.8 Å². The first kappa shape index (κ1) is 16.4. The third kappa shape index (κ3) is 4.32. The van der Waals surface area contributed by atoms with E-state index in [1.807, 2.05) is 29.6 Å². The lowest BCUT2D eigenvalue weighted by Gasteiger charge is -2.15. The minimum Gasteiger partial charge on any atom is -0.351 e. The van der Waals surface area contributed by atoms with Crippen molar-refractivity contribution in [1.82, 2.24) is 10.3 Å². The zero-order valence-electron chi connectivity index (χ0n) is 13.5. The maximum atomic E-state index is 12.2. The molecule has 1 aliphatic heterocycles. The molecule has 1 aromatic heterocycles. The molecule has 1 aliphatic rings. The molecular weight excluding hydrogens is 324 g/mol. The number of hydrogen-bond acceptors (Lipinski definition) is 5. The van der Waals surface area contributed by atoms with E-state index in [4.69, 9.17) is 0 Å². The number of rotatable bonds is 5. The third-order valence-electron chi connectivity index (χ3n) is 3.88. The zero-order chi connectivity index (χ0) is 16.9. The first-order valence-electron chi connectivity index (χ1n) is 7.90. The smallest absolute Gasteiger partial charge is 0.224 e. The van der Waals surface area contributed by atoms with E-state index in [0.29, 0.717) is 6.42 Å². The fourth-order valence-corrected chi connectivity index (χ4v) is 3.48. The topological polar surface area (TPSA) is 74.3 Å². The van der Waals surface area contributed by atoms with Crippen molar-refractivity contribution >= 4 is 34.0 Å². The molecule has 1 aromatic carbocycles. The van der Waals surface area contributed by atoms with Crippen LogP contribution in [-0.4, -0.2) is 35.9 Å². The van der Waals surface area contributed by atoms with Gasteiger partial charge in [0.2, 0.25) is 11.8 Å². The van der Waals surface area contributed by atoms with E-state index >= 15 is 0 Å². The van der Waals surface area contributed by atoms with Gasteiger partial charge in [-0.1, -0.05) is 12.1 Å². The highest BCUT2D eigenvalue weighted by molar-refractivity contribution is 7.13. The summed E-state index contributed by atoms with van der Waals surface area (Å²) in [6.45, 7) is 3.20. The van der Waals surface area contributed by atoms with E-state index in [1.54, 1.807) is 17.5 Å². The molecule has 1 atom stereocenters.